The van der Waals surface area contributed by atoms with E-state index in [1.165, 1.54) is 77.5 Å². The molecule has 1 aliphatic rings. The number of hydrogen-bond acceptors (Lipinski definition) is 2. The summed E-state index contributed by atoms with van der Waals surface area (Å²) in [6, 6.07) is 106. The lowest BCUT2D eigenvalue weighted by Gasteiger charge is -2.29. The largest absolute Gasteiger partial charge is 0.310 e. The second-order valence-electron chi connectivity index (χ2n) is 20.1. The monoisotopic (exact) mass is 958 g/mol. The molecule has 0 unspecified atom stereocenters. The number of anilines is 6. The predicted octanol–water partition coefficient (Wildman–Crippen LogP) is 20.4. The van der Waals surface area contributed by atoms with Gasteiger partial charge in [0.1, 0.15) is 0 Å². The maximum Gasteiger partial charge on any atom is 0.0546 e. The molecule has 0 radical (unpaired) electrons. The summed E-state index contributed by atoms with van der Waals surface area (Å²) in [5, 5.41) is 2.43. The van der Waals surface area contributed by atoms with Crippen LogP contribution in [0.1, 0.15) is 25.0 Å². The van der Waals surface area contributed by atoms with Crippen LogP contribution in [0.3, 0.4) is 0 Å². The quantitative estimate of drug-likeness (QED) is 0.127. The summed E-state index contributed by atoms with van der Waals surface area (Å²) >= 11 is 0. The SMILES string of the molecule is CC1(C)c2ccccc2-c2ccc(N(c3ccccc3)c3ccc(-c4cc(-c5ccccc5)c(-c5ccc(N(c6ccccc6)c6ccc7ccccc7c6-c6ccccc6)cc5)cc4-c4ccccc4)cc3)cc21. The molecule has 0 bridgehead atoms. The summed E-state index contributed by atoms with van der Waals surface area (Å²) in [6.45, 7) is 4.71. The van der Waals surface area contributed by atoms with Crippen LogP contribution in [-0.4, -0.2) is 0 Å². The van der Waals surface area contributed by atoms with Gasteiger partial charge in [-0.1, -0.05) is 226 Å². The summed E-state index contributed by atoms with van der Waals surface area (Å²) in [6.07, 6.45) is 0. The molecule has 0 aliphatic heterocycles. The number of nitrogens with zero attached hydrogens (tertiary/aromatic N) is 2. The average Bonchev–Trinajstić information content (AvgIpc) is 3.71. The normalized spacial score (nSPS) is 12.2. The van der Waals surface area contributed by atoms with Crippen molar-refractivity contribution in [3.05, 3.63) is 302 Å². The standard InChI is InChI=1S/C73H54N2/c1-73(2)69-35-21-20-34-63(69)64-46-45-61(48-70(64)73)74(57-29-14-6-15-30-57)59-41-36-54(37-42-59)67-49-66(52-24-10-4-11-25-52)68(50-65(67)51-22-8-3-9-23-51)55-38-43-60(44-39-55)75(58-31-16-7-17-32-58)71-47-40-53-26-18-19-33-62(53)72(71)56-27-12-5-13-28-56/h3-50H,1-2H3. The van der Waals surface area contributed by atoms with Gasteiger partial charge in [-0.2, -0.15) is 0 Å². The van der Waals surface area contributed by atoms with Gasteiger partial charge in [-0.15, -0.1) is 0 Å². The summed E-state index contributed by atoms with van der Waals surface area (Å²) < 4.78 is 0. The van der Waals surface area contributed by atoms with Crippen LogP contribution in [0, 0.1) is 0 Å². The molecular formula is C73H54N2. The lowest BCUT2D eigenvalue weighted by atomic mass is 9.82. The first-order valence-corrected chi connectivity index (χ1v) is 26.0. The van der Waals surface area contributed by atoms with Crippen molar-refractivity contribution >= 4 is 44.9 Å². The highest BCUT2D eigenvalue weighted by Gasteiger charge is 2.36. The van der Waals surface area contributed by atoms with E-state index in [0.717, 1.165) is 45.3 Å². The third kappa shape index (κ3) is 8.27. The molecule has 0 N–H and O–H groups in total. The van der Waals surface area contributed by atoms with Gasteiger partial charge >= 0.3 is 0 Å². The van der Waals surface area contributed by atoms with Gasteiger partial charge in [0, 0.05) is 39.4 Å². The number of rotatable bonds is 11. The van der Waals surface area contributed by atoms with Crippen molar-refractivity contribution in [1.29, 1.82) is 0 Å². The molecule has 0 saturated carbocycles. The highest BCUT2D eigenvalue weighted by Crippen LogP contribution is 2.51. The van der Waals surface area contributed by atoms with E-state index in [2.05, 4.69) is 315 Å². The zero-order chi connectivity index (χ0) is 50.3. The van der Waals surface area contributed by atoms with E-state index in [1.54, 1.807) is 0 Å². The second kappa shape index (κ2) is 19.2. The van der Waals surface area contributed by atoms with E-state index in [-0.39, 0.29) is 5.41 Å². The molecule has 13 rings (SSSR count). The number of fused-ring (bicyclic) bond motifs is 4. The zero-order valence-corrected chi connectivity index (χ0v) is 42.1. The molecule has 1 aliphatic carbocycles. The number of hydrogen-bond donors (Lipinski definition) is 0. The lowest BCUT2D eigenvalue weighted by Crippen LogP contribution is -2.16. The Balaban J connectivity index is 0.933. The van der Waals surface area contributed by atoms with Crippen LogP contribution in [0.5, 0.6) is 0 Å². The Morgan fingerprint density at radius 2 is 0.653 bits per heavy atom. The fourth-order valence-electron chi connectivity index (χ4n) is 11.6. The Bertz CT molecular complexity index is 3980. The first kappa shape index (κ1) is 45.4. The van der Waals surface area contributed by atoms with Crippen LogP contribution in [0.15, 0.2) is 291 Å². The molecule has 356 valence electrons. The smallest absolute Gasteiger partial charge is 0.0546 e. The molecule has 12 aromatic carbocycles. The van der Waals surface area contributed by atoms with Crippen LogP contribution in [-0.2, 0) is 5.41 Å². The second-order valence-corrected chi connectivity index (χ2v) is 20.1. The van der Waals surface area contributed by atoms with Crippen LogP contribution in [0.4, 0.5) is 34.1 Å². The molecule has 0 heterocycles. The Morgan fingerprint density at radius 1 is 0.253 bits per heavy atom. The van der Waals surface area contributed by atoms with Gasteiger partial charge in [-0.25, -0.2) is 0 Å². The van der Waals surface area contributed by atoms with Gasteiger partial charge < -0.3 is 9.80 Å². The van der Waals surface area contributed by atoms with Crippen molar-refractivity contribution in [2.24, 2.45) is 0 Å². The third-order valence-electron chi connectivity index (χ3n) is 15.3. The summed E-state index contributed by atoms with van der Waals surface area (Å²) in [5.41, 5.74) is 23.6. The maximum atomic E-state index is 2.42. The third-order valence-corrected chi connectivity index (χ3v) is 15.3. The first-order chi connectivity index (χ1) is 37.0. The molecule has 0 saturated heterocycles. The van der Waals surface area contributed by atoms with Crippen LogP contribution >= 0.6 is 0 Å². The summed E-state index contributed by atoms with van der Waals surface area (Å²) in [7, 11) is 0. The molecule has 75 heavy (non-hydrogen) atoms. The van der Waals surface area contributed by atoms with Gasteiger partial charge in [-0.3, -0.25) is 0 Å². The molecule has 2 nitrogen and oxygen atoms in total. The van der Waals surface area contributed by atoms with E-state index in [9.17, 15) is 0 Å². The van der Waals surface area contributed by atoms with E-state index in [0.29, 0.717) is 0 Å². The molecule has 0 atom stereocenters. The van der Waals surface area contributed by atoms with E-state index < -0.39 is 0 Å². The molecule has 2 heteroatoms. The van der Waals surface area contributed by atoms with E-state index in [4.69, 9.17) is 0 Å². The van der Waals surface area contributed by atoms with Crippen molar-refractivity contribution in [3.8, 4) is 66.8 Å². The van der Waals surface area contributed by atoms with Gasteiger partial charge in [0.15, 0.2) is 0 Å². The predicted molar refractivity (Wildman–Crippen MR) is 318 cm³/mol. The van der Waals surface area contributed by atoms with Crippen LogP contribution < -0.4 is 9.80 Å². The van der Waals surface area contributed by atoms with E-state index >= 15 is 0 Å². The zero-order valence-electron chi connectivity index (χ0n) is 42.1. The van der Waals surface area contributed by atoms with Gasteiger partial charge in [0.25, 0.3) is 0 Å². The highest BCUT2D eigenvalue weighted by atomic mass is 15.1. The topological polar surface area (TPSA) is 6.48 Å². The highest BCUT2D eigenvalue weighted by molar-refractivity contribution is 6.05. The molecule has 12 aromatic rings. The Labute approximate surface area is 440 Å². The Hall–Kier alpha value is -9.50. The van der Waals surface area contributed by atoms with Crippen molar-refractivity contribution in [1.82, 2.24) is 0 Å². The molecule has 0 amide bonds. The number of benzene rings is 12. The lowest BCUT2D eigenvalue weighted by molar-refractivity contribution is 0.660. The fraction of sp³-hybridized carbons (Fsp3) is 0.0411. The maximum absolute atomic E-state index is 2.42. The van der Waals surface area contributed by atoms with Crippen molar-refractivity contribution in [2.75, 3.05) is 9.80 Å². The Morgan fingerprint density at radius 3 is 1.21 bits per heavy atom. The fourth-order valence-corrected chi connectivity index (χ4v) is 11.6. The molecule has 0 aromatic heterocycles. The van der Waals surface area contributed by atoms with E-state index in [1.807, 2.05) is 0 Å². The van der Waals surface area contributed by atoms with Gasteiger partial charge in [0.05, 0.1) is 5.69 Å². The van der Waals surface area contributed by atoms with Crippen molar-refractivity contribution in [2.45, 2.75) is 19.3 Å². The minimum absolute atomic E-state index is 0.111. The molecular weight excluding hydrogens is 905 g/mol. The van der Waals surface area contributed by atoms with Crippen molar-refractivity contribution < 1.29 is 0 Å². The molecule has 0 fully saturated rings. The average molecular weight is 959 g/mol. The van der Waals surface area contributed by atoms with Gasteiger partial charge in [-0.05, 0) is 162 Å². The minimum Gasteiger partial charge on any atom is -0.310 e. The summed E-state index contributed by atoms with van der Waals surface area (Å²) in [5.74, 6) is 0. The molecule has 0 spiro atoms. The van der Waals surface area contributed by atoms with Crippen molar-refractivity contribution in [3.63, 3.8) is 0 Å². The Kier molecular flexibility index (Phi) is 11.6. The van der Waals surface area contributed by atoms with Crippen LogP contribution in [0.2, 0.25) is 0 Å². The first-order valence-electron chi connectivity index (χ1n) is 26.0. The number of para-hydroxylation sites is 2. The van der Waals surface area contributed by atoms with Crippen LogP contribution in [0.25, 0.3) is 77.5 Å². The summed E-state index contributed by atoms with van der Waals surface area (Å²) in [4.78, 5) is 4.80. The minimum atomic E-state index is -0.111. The van der Waals surface area contributed by atoms with Gasteiger partial charge in [0.2, 0.25) is 0 Å².